The minimum atomic E-state index is -0.204. The van der Waals surface area contributed by atoms with Crippen LogP contribution in [-0.4, -0.2) is 26.3 Å². The highest BCUT2D eigenvalue weighted by atomic mass is 16.5. The van der Waals surface area contributed by atoms with E-state index in [9.17, 15) is 4.79 Å². The standard InChI is InChI=1S/C20H26N2O4/c1-3-25-19(23)13-8-14-26-20-16(9-7-12-18(20)24-2)15-21-22-17-10-5-4-6-11-17/h4-7,9-12,21-22H,3,8,13-15H2,1-2H3. The molecule has 6 heteroatoms. The topological polar surface area (TPSA) is 68.8 Å². The van der Waals surface area contributed by atoms with Crippen molar-refractivity contribution in [3.63, 3.8) is 0 Å². The van der Waals surface area contributed by atoms with E-state index in [1.807, 2.05) is 48.5 Å². The molecule has 0 saturated heterocycles. The van der Waals surface area contributed by atoms with Crippen LogP contribution in [0.2, 0.25) is 0 Å². The number of ether oxygens (including phenoxy) is 3. The van der Waals surface area contributed by atoms with E-state index in [1.165, 1.54) is 0 Å². The average Bonchev–Trinajstić information content (AvgIpc) is 2.67. The number of nitrogens with one attached hydrogen (secondary N) is 2. The fourth-order valence-corrected chi connectivity index (χ4v) is 2.41. The number of benzene rings is 2. The first kappa shape index (κ1) is 19.6. The summed E-state index contributed by atoms with van der Waals surface area (Å²) in [7, 11) is 1.61. The first-order chi connectivity index (χ1) is 12.7. The van der Waals surface area contributed by atoms with Crippen LogP contribution in [0.4, 0.5) is 5.69 Å². The van der Waals surface area contributed by atoms with Crippen LogP contribution < -0.4 is 20.3 Å². The molecule has 0 aromatic heterocycles. The summed E-state index contributed by atoms with van der Waals surface area (Å²) in [5.74, 6) is 1.14. The summed E-state index contributed by atoms with van der Waals surface area (Å²) in [5, 5.41) is 0. The third-order valence-electron chi connectivity index (χ3n) is 3.64. The molecule has 0 heterocycles. The number of rotatable bonds is 11. The van der Waals surface area contributed by atoms with Crippen molar-refractivity contribution in [2.24, 2.45) is 0 Å². The lowest BCUT2D eigenvalue weighted by atomic mass is 10.2. The van der Waals surface area contributed by atoms with Crippen LogP contribution in [0.3, 0.4) is 0 Å². The molecule has 0 radical (unpaired) electrons. The lowest BCUT2D eigenvalue weighted by Crippen LogP contribution is -2.21. The Balaban J connectivity index is 1.90. The highest BCUT2D eigenvalue weighted by Crippen LogP contribution is 2.31. The van der Waals surface area contributed by atoms with Gasteiger partial charge in [0.15, 0.2) is 11.5 Å². The lowest BCUT2D eigenvalue weighted by Gasteiger charge is -2.16. The van der Waals surface area contributed by atoms with Gasteiger partial charge in [-0.25, -0.2) is 5.43 Å². The minimum Gasteiger partial charge on any atom is -0.493 e. The van der Waals surface area contributed by atoms with Crippen LogP contribution in [0.5, 0.6) is 11.5 Å². The second-order valence-corrected chi connectivity index (χ2v) is 5.55. The van der Waals surface area contributed by atoms with Crippen LogP contribution in [0.25, 0.3) is 0 Å². The van der Waals surface area contributed by atoms with E-state index in [1.54, 1.807) is 14.0 Å². The summed E-state index contributed by atoms with van der Waals surface area (Å²) >= 11 is 0. The van der Waals surface area contributed by atoms with E-state index < -0.39 is 0 Å². The van der Waals surface area contributed by atoms with Crippen LogP contribution in [0, 0.1) is 0 Å². The van der Waals surface area contributed by atoms with Crippen LogP contribution in [0.15, 0.2) is 48.5 Å². The smallest absolute Gasteiger partial charge is 0.305 e. The Morgan fingerprint density at radius 3 is 2.62 bits per heavy atom. The van der Waals surface area contributed by atoms with Gasteiger partial charge in [0, 0.05) is 24.2 Å². The highest BCUT2D eigenvalue weighted by molar-refractivity contribution is 5.69. The fraction of sp³-hybridized carbons (Fsp3) is 0.350. The number of hydrazine groups is 1. The summed E-state index contributed by atoms with van der Waals surface area (Å²) in [6, 6.07) is 15.6. The van der Waals surface area contributed by atoms with Gasteiger partial charge < -0.3 is 19.6 Å². The normalized spacial score (nSPS) is 10.2. The quantitative estimate of drug-likeness (QED) is 0.364. The van der Waals surface area contributed by atoms with Crippen LogP contribution in [0.1, 0.15) is 25.3 Å². The Bertz CT molecular complexity index is 677. The molecule has 0 aliphatic carbocycles. The van der Waals surface area contributed by atoms with Gasteiger partial charge in [-0.15, -0.1) is 0 Å². The number of esters is 1. The van der Waals surface area contributed by atoms with Crippen molar-refractivity contribution in [1.82, 2.24) is 5.43 Å². The van der Waals surface area contributed by atoms with Gasteiger partial charge in [0.2, 0.25) is 0 Å². The molecule has 0 bridgehead atoms. The van der Waals surface area contributed by atoms with E-state index in [0.717, 1.165) is 11.3 Å². The molecule has 0 fully saturated rings. The summed E-state index contributed by atoms with van der Waals surface area (Å²) in [6.45, 7) is 3.17. The Labute approximate surface area is 154 Å². The Hall–Kier alpha value is -2.73. The minimum absolute atomic E-state index is 0.204. The first-order valence-corrected chi connectivity index (χ1v) is 8.72. The molecule has 2 aromatic carbocycles. The van der Waals surface area contributed by atoms with E-state index >= 15 is 0 Å². The number of hydrogen-bond donors (Lipinski definition) is 2. The van der Waals surface area contributed by atoms with Crippen molar-refractivity contribution in [3.8, 4) is 11.5 Å². The predicted octanol–water partition coefficient (Wildman–Crippen LogP) is 3.53. The largest absolute Gasteiger partial charge is 0.493 e. The maximum absolute atomic E-state index is 11.4. The second-order valence-electron chi connectivity index (χ2n) is 5.55. The predicted molar refractivity (Wildman–Crippen MR) is 101 cm³/mol. The number of anilines is 1. The average molecular weight is 358 g/mol. The van der Waals surface area contributed by atoms with Crippen molar-refractivity contribution < 1.29 is 19.0 Å². The zero-order valence-electron chi connectivity index (χ0n) is 15.3. The lowest BCUT2D eigenvalue weighted by molar-refractivity contribution is -0.143. The Kier molecular flexibility index (Phi) is 8.29. The molecule has 26 heavy (non-hydrogen) atoms. The SMILES string of the molecule is CCOC(=O)CCCOc1c(CNNc2ccccc2)cccc1OC. The van der Waals surface area contributed by atoms with E-state index in [4.69, 9.17) is 14.2 Å². The van der Waals surface area contributed by atoms with Gasteiger partial charge in [0.1, 0.15) is 0 Å². The molecule has 140 valence electrons. The van der Waals surface area contributed by atoms with E-state index in [0.29, 0.717) is 44.1 Å². The molecule has 0 aliphatic rings. The molecule has 0 saturated carbocycles. The Morgan fingerprint density at radius 1 is 1.08 bits per heavy atom. The molecule has 2 N–H and O–H groups in total. The molecule has 0 amide bonds. The van der Waals surface area contributed by atoms with Gasteiger partial charge in [0.05, 0.1) is 20.3 Å². The van der Waals surface area contributed by atoms with Crippen molar-refractivity contribution in [1.29, 1.82) is 0 Å². The number of carbonyl (C=O) groups is 1. The summed E-state index contributed by atoms with van der Waals surface area (Å²) < 4.78 is 16.2. The van der Waals surface area contributed by atoms with Crippen LogP contribution in [-0.2, 0) is 16.1 Å². The zero-order valence-corrected chi connectivity index (χ0v) is 15.3. The molecule has 2 rings (SSSR count). The fourth-order valence-electron chi connectivity index (χ4n) is 2.41. The molecule has 6 nitrogen and oxygen atoms in total. The summed E-state index contributed by atoms with van der Waals surface area (Å²) in [6.07, 6.45) is 0.929. The van der Waals surface area contributed by atoms with Gasteiger partial charge in [0.25, 0.3) is 0 Å². The molecule has 0 unspecified atom stereocenters. The van der Waals surface area contributed by atoms with E-state index in [2.05, 4.69) is 10.9 Å². The monoisotopic (exact) mass is 358 g/mol. The summed E-state index contributed by atoms with van der Waals surface area (Å²) in [5.41, 5.74) is 8.26. The van der Waals surface area contributed by atoms with Crippen molar-refractivity contribution >= 4 is 11.7 Å². The summed E-state index contributed by atoms with van der Waals surface area (Å²) in [4.78, 5) is 11.4. The number of carbonyl (C=O) groups excluding carboxylic acids is 1. The van der Waals surface area contributed by atoms with Gasteiger partial charge in [-0.2, -0.15) is 0 Å². The van der Waals surface area contributed by atoms with Crippen molar-refractivity contribution in [2.45, 2.75) is 26.3 Å². The van der Waals surface area contributed by atoms with E-state index in [-0.39, 0.29) is 5.97 Å². The molecule has 0 aliphatic heterocycles. The van der Waals surface area contributed by atoms with Gasteiger partial charge in [-0.05, 0) is 31.5 Å². The van der Waals surface area contributed by atoms with Crippen LogP contribution >= 0.6 is 0 Å². The Morgan fingerprint density at radius 2 is 1.88 bits per heavy atom. The zero-order chi connectivity index (χ0) is 18.6. The van der Waals surface area contributed by atoms with Gasteiger partial charge in [-0.3, -0.25) is 4.79 Å². The molecule has 2 aromatic rings. The van der Waals surface area contributed by atoms with Gasteiger partial charge >= 0.3 is 5.97 Å². The first-order valence-electron chi connectivity index (χ1n) is 8.72. The highest BCUT2D eigenvalue weighted by Gasteiger charge is 2.11. The maximum Gasteiger partial charge on any atom is 0.305 e. The van der Waals surface area contributed by atoms with Gasteiger partial charge in [-0.1, -0.05) is 30.3 Å². The third kappa shape index (κ3) is 6.29. The van der Waals surface area contributed by atoms with Crippen molar-refractivity contribution in [3.05, 3.63) is 54.1 Å². The molecule has 0 spiro atoms. The molecular formula is C20H26N2O4. The molecule has 0 atom stereocenters. The van der Waals surface area contributed by atoms with Crippen molar-refractivity contribution in [2.75, 3.05) is 25.7 Å². The second kappa shape index (κ2) is 11.0. The number of hydrogen-bond acceptors (Lipinski definition) is 6. The number of methoxy groups -OCH3 is 1. The number of para-hydroxylation sites is 2. The molecular weight excluding hydrogens is 332 g/mol. The third-order valence-corrected chi connectivity index (χ3v) is 3.64. The maximum atomic E-state index is 11.4.